The molecule has 2 aliphatic rings. The van der Waals surface area contributed by atoms with Crippen molar-refractivity contribution in [3.05, 3.63) is 42.5 Å². The number of benzene rings is 1. The van der Waals surface area contributed by atoms with Crippen LogP contribution in [0.25, 0.3) is 0 Å². The summed E-state index contributed by atoms with van der Waals surface area (Å²) in [6, 6.07) is 10.1. The first-order chi connectivity index (χ1) is 11.7. The number of allylic oxidation sites excluding steroid dienone is 2. The van der Waals surface area contributed by atoms with Crippen LogP contribution in [0.3, 0.4) is 0 Å². The Hall–Kier alpha value is -1.77. The van der Waals surface area contributed by atoms with Gasteiger partial charge >= 0.3 is 5.97 Å². The Morgan fingerprint density at radius 3 is 2.62 bits per heavy atom. The number of ether oxygens (including phenoxy) is 1. The molecule has 0 radical (unpaired) electrons. The number of carbonyl (C=O) groups is 1. The Balaban J connectivity index is 1.47. The molecule has 1 N–H and O–H groups in total. The van der Waals surface area contributed by atoms with Gasteiger partial charge in [0.1, 0.15) is 5.75 Å². The van der Waals surface area contributed by atoms with Gasteiger partial charge in [-0.15, -0.1) is 0 Å². The second-order valence-electron chi connectivity index (χ2n) is 7.28. The predicted octanol–water partition coefficient (Wildman–Crippen LogP) is 4.93. The quantitative estimate of drug-likeness (QED) is 0.516. The summed E-state index contributed by atoms with van der Waals surface area (Å²) in [5, 5.41) is 8.66. The van der Waals surface area contributed by atoms with Gasteiger partial charge in [0.2, 0.25) is 0 Å². The number of hydrogen-bond acceptors (Lipinski definition) is 2. The first-order valence-corrected chi connectivity index (χ1v) is 9.28. The van der Waals surface area contributed by atoms with Crippen LogP contribution in [0.15, 0.2) is 42.5 Å². The van der Waals surface area contributed by atoms with E-state index in [9.17, 15) is 4.79 Å². The van der Waals surface area contributed by atoms with Gasteiger partial charge in [0, 0.05) is 6.42 Å². The number of fused-ring (bicyclic) bond motifs is 2. The molecule has 3 heteroatoms. The third-order valence-corrected chi connectivity index (χ3v) is 5.80. The van der Waals surface area contributed by atoms with Gasteiger partial charge < -0.3 is 9.84 Å². The molecule has 2 bridgehead atoms. The number of carboxylic acids is 1. The molecule has 1 aromatic rings. The summed E-state index contributed by atoms with van der Waals surface area (Å²) >= 11 is 0. The number of carboxylic acid groups (broad SMARTS) is 1. The lowest BCUT2D eigenvalue weighted by atomic mass is 9.78. The molecule has 0 spiro atoms. The molecule has 0 saturated heterocycles. The van der Waals surface area contributed by atoms with Gasteiger partial charge in [-0.3, -0.25) is 4.79 Å². The minimum atomic E-state index is -0.699. The molecule has 24 heavy (non-hydrogen) atoms. The molecule has 0 heterocycles. The third kappa shape index (κ3) is 4.40. The van der Waals surface area contributed by atoms with Crippen LogP contribution in [-0.2, 0) is 4.79 Å². The van der Waals surface area contributed by atoms with E-state index in [0.29, 0.717) is 5.92 Å². The fourth-order valence-electron chi connectivity index (χ4n) is 4.61. The van der Waals surface area contributed by atoms with E-state index in [1.54, 1.807) is 0 Å². The molecule has 2 aliphatic carbocycles. The smallest absolute Gasteiger partial charge is 0.303 e. The van der Waals surface area contributed by atoms with Crippen LogP contribution < -0.4 is 4.74 Å². The van der Waals surface area contributed by atoms with E-state index < -0.39 is 5.97 Å². The summed E-state index contributed by atoms with van der Waals surface area (Å²) in [5.41, 5.74) is 0. The highest BCUT2D eigenvalue weighted by Gasteiger charge is 2.46. The van der Waals surface area contributed by atoms with Crippen molar-refractivity contribution in [2.75, 3.05) is 6.61 Å². The van der Waals surface area contributed by atoms with Gasteiger partial charge in [-0.05, 0) is 74.3 Å². The Labute approximate surface area is 144 Å². The molecule has 130 valence electrons. The normalized spacial score (nSPS) is 28.5. The number of hydrogen-bond donors (Lipinski definition) is 1. The fraction of sp³-hybridized carbons (Fsp3) is 0.571. The van der Waals surface area contributed by atoms with Crippen molar-refractivity contribution in [3.63, 3.8) is 0 Å². The van der Waals surface area contributed by atoms with Crippen LogP contribution >= 0.6 is 0 Å². The van der Waals surface area contributed by atoms with Crippen molar-refractivity contribution in [1.29, 1.82) is 0 Å². The molecule has 0 amide bonds. The van der Waals surface area contributed by atoms with E-state index >= 15 is 0 Å². The van der Waals surface area contributed by atoms with Crippen molar-refractivity contribution >= 4 is 5.97 Å². The minimum Gasteiger partial charge on any atom is -0.493 e. The molecule has 0 aromatic heterocycles. The van der Waals surface area contributed by atoms with Crippen molar-refractivity contribution < 1.29 is 14.6 Å². The Bertz CT molecular complexity index is 551. The highest BCUT2D eigenvalue weighted by Crippen LogP contribution is 2.53. The molecule has 1 aromatic carbocycles. The lowest BCUT2D eigenvalue weighted by Gasteiger charge is -2.30. The van der Waals surface area contributed by atoms with E-state index in [2.05, 4.69) is 12.2 Å². The maximum absolute atomic E-state index is 10.5. The molecule has 0 aliphatic heterocycles. The average Bonchev–Trinajstić information content (AvgIpc) is 3.18. The van der Waals surface area contributed by atoms with Gasteiger partial charge in [0.25, 0.3) is 0 Å². The predicted molar refractivity (Wildman–Crippen MR) is 95.0 cm³/mol. The molecular weight excluding hydrogens is 300 g/mol. The number of rotatable bonds is 9. The van der Waals surface area contributed by atoms with E-state index in [1.165, 1.54) is 19.3 Å². The van der Waals surface area contributed by atoms with E-state index in [0.717, 1.165) is 49.4 Å². The second kappa shape index (κ2) is 8.36. The molecule has 3 rings (SSSR count). The summed E-state index contributed by atoms with van der Waals surface area (Å²) in [6.45, 7) is 0.836. The molecule has 3 nitrogen and oxygen atoms in total. The minimum absolute atomic E-state index is 0.270. The van der Waals surface area contributed by atoms with Crippen molar-refractivity contribution in [2.45, 2.75) is 44.9 Å². The van der Waals surface area contributed by atoms with Gasteiger partial charge in [0.05, 0.1) is 6.61 Å². The Kier molecular flexibility index (Phi) is 5.95. The zero-order valence-corrected chi connectivity index (χ0v) is 14.3. The van der Waals surface area contributed by atoms with Crippen molar-refractivity contribution in [1.82, 2.24) is 0 Å². The zero-order valence-electron chi connectivity index (χ0n) is 14.3. The van der Waals surface area contributed by atoms with Gasteiger partial charge in [-0.1, -0.05) is 30.4 Å². The highest BCUT2D eigenvalue weighted by atomic mass is 16.5. The lowest BCUT2D eigenvalue weighted by molar-refractivity contribution is -0.137. The van der Waals surface area contributed by atoms with Gasteiger partial charge in [-0.2, -0.15) is 0 Å². The highest BCUT2D eigenvalue weighted by molar-refractivity contribution is 5.66. The van der Waals surface area contributed by atoms with Crippen LogP contribution in [0.1, 0.15) is 44.9 Å². The van der Waals surface area contributed by atoms with Crippen LogP contribution in [0.5, 0.6) is 5.75 Å². The Morgan fingerprint density at radius 1 is 1.12 bits per heavy atom. The first kappa shape index (κ1) is 17.1. The zero-order chi connectivity index (χ0) is 16.8. The molecule has 2 fully saturated rings. The second-order valence-corrected chi connectivity index (χ2v) is 7.28. The van der Waals surface area contributed by atoms with Crippen LogP contribution in [-0.4, -0.2) is 17.7 Å². The van der Waals surface area contributed by atoms with E-state index in [-0.39, 0.29) is 6.42 Å². The van der Waals surface area contributed by atoms with Crippen molar-refractivity contribution in [3.8, 4) is 5.75 Å². The number of unbranched alkanes of at least 4 members (excludes halogenated alkanes) is 1. The molecule has 0 unspecified atom stereocenters. The van der Waals surface area contributed by atoms with Crippen LogP contribution in [0, 0.1) is 23.7 Å². The third-order valence-electron chi connectivity index (χ3n) is 5.80. The number of aliphatic carboxylic acids is 1. The summed E-state index contributed by atoms with van der Waals surface area (Å²) in [4.78, 5) is 10.5. The molecule has 4 atom stereocenters. The maximum Gasteiger partial charge on any atom is 0.303 e. The van der Waals surface area contributed by atoms with E-state index in [1.807, 2.05) is 30.3 Å². The first-order valence-electron chi connectivity index (χ1n) is 9.28. The monoisotopic (exact) mass is 328 g/mol. The lowest BCUT2D eigenvalue weighted by Crippen LogP contribution is -2.27. The summed E-state index contributed by atoms with van der Waals surface area (Å²) in [5.74, 6) is 3.39. The molecular formula is C21H28O3. The largest absolute Gasteiger partial charge is 0.493 e. The van der Waals surface area contributed by atoms with Crippen molar-refractivity contribution in [2.24, 2.45) is 23.7 Å². The SMILES string of the molecule is O=C(O)CCCC=CC[C@H]1[C@H]2CC[C@H](C2)[C@H]1COc1ccccc1. The average molecular weight is 328 g/mol. The van der Waals surface area contributed by atoms with E-state index in [4.69, 9.17) is 9.84 Å². The standard InChI is InChI=1S/C21H28O3/c22-21(23)11-7-2-1-6-10-19-16-12-13-17(14-16)20(19)15-24-18-8-4-3-5-9-18/h1,3-6,8-9,16-17,19-20H,2,7,10-15H2,(H,22,23)/t16-,17+,19-,20+/m0/s1. The summed E-state index contributed by atoms with van der Waals surface area (Å²) in [6.07, 6.45) is 11.6. The van der Waals surface area contributed by atoms with Gasteiger partial charge in [0.15, 0.2) is 0 Å². The summed E-state index contributed by atoms with van der Waals surface area (Å²) in [7, 11) is 0. The number of para-hydroxylation sites is 1. The van der Waals surface area contributed by atoms with Crippen LogP contribution in [0.4, 0.5) is 0 Å². The fourth-order valence-corrected chi connectivity index (χ4v) is 4.61. The molecule has 2 saturated carbocycles. The maximum atomic E-state index is 10.5. The summed E-state index contributed by atoms with van der Waals surface area (Å²) < 4.78 is 6.05. The Morgan fingerprint density at radius 2 is 1.88 bits per heavy atom. The topological polar surface area (TPSA) is 46.5 Å². The van der Waals surface area contributed by atoms with Gasteiger partial charge in [-0.25, -0.2) is 0 Å². The van der Waals surface area contributed by atoms with Crippen LogP contribution in [0.2, 0.25) is 0 Å².